The number of hydrogen-bond donors (Lipinski definition) is 2. The zero-order chi connectivity index (χ0) is 11.3. The summed E-state index contributed by atoms with van der Waals surface area (Å²) in [6.07, 6.45) is 4.49. The van der Waals surface area contributed by atoms with Crippen molar-refractivity contribution in [1.29, 1.82) is 0 Å². The van der Waals surface area contributed by atoms with Crippen molar-refractivity contribution in [3.63, 3.8) is 0 Å². The maximum Gasteiger partial charge on any atom is 0.243 e. The van der Waals surface area contributed by atoms with Crippen molar-refractivity contribution >= 4 is 22.4 Å². The van der Waals surface area contributed by atoms with Gasteiger partial charge in [-0.1, -0.05) is 19.8 Å². The van der Waals surface area contributed by atoms with Gasteiger partial charge in [-0.25, -0.2) is 4.98 Å². The molecule has 0 aliphatic rings. The minimum atomic E-state index is -0.422. The summed E-state index contributed by atoms with van der Waals surface area (Å²) in [7, 11) is 0. The van der Waals surface area contributed by atoms with E-state index in [9.17, 15) is 4.79 Å². The first-order valence-electron chi connectivity index (χ1n) is 5.12. The minimum Gasteiger partial charge on any atom is -0.320 e. The van der Waals surface area contributed by atoms with Crippen molar-refractivity contribution in [2.75, 3.05) is 5.32 Å². The molecule has 0 aliphatic carbocycles. The third-order valence-corrected chi connectivity index (χ3v) is 2.89. The number of hydrogen-bond acceptors (Lipinski definition) is 4. The molecule has 5 heteroatoms. The number of amides is 1. The maximum absolute atomic E-state index is 11.6. The van der Waals surface area contributed by atoms with Gasteiger partial charge >= 0.3 is 0 Å². The second kappa shape index (κ2) is 5.82. The fourth-order valence-electron chi connectivity index (χ4n) is 1.17. The number of nitrogens with one attached hydrogen (secondary N) is 1. The lowest BCUT2D eigenvalue weighted by Crippen LogP contribution is -2.35. The molecule has 0 unspecified atom stereocenters. The standard InChI is InChI=1S/C10H17N3OS/c1-3-4-5-8(11)9(14)13-10-12-6-7(2)15-10/h6,8H,3-5,11H2,1-2H3,(H,12,13,14)/t8-/m0/s1. The number of thiazole rings is 1. The average molecular weight is 227 g/mol. The molecule has 0 saturated carbocycles. The van der Waals surface area contributed by atoms with E-state index in [0.29, 0.717) is 5.13 Å². The van der Waals surface area contributed by atoms with Gasteiger partial charge in [0, 0.05) is 11.1 Å². The highest BCUT2D eigenvalue weighted by Crippen LogP contribution is 2.16. The molecule has 4 nitrogen and oxygen atoms in total. The first kappa shape index (κ1) is 12.1. The lowest BCUT2D eigenvalue weighted by atomic mass is 10.1. The van der Waals surface area contributed by atoms with Crippen LogP contribution in [0.25, 0.3) is 0 Å². The minimum absolute atomic E-state index is 0.141. The fourth-order valence-corrected chi connectivity index (χ4v) is 1.83. The second-order valence-corrected chi connectivity index (χ2v) is 4.75. The number of aromatic nitrogens is 1. The van der Waals surface area contributed by atoms with Gasteiger partial charge in [0.25, 0.3) is 0 Å². The van der Waals surface area contributed by atoms with Gasteiger partial charge in [0.2, 0.25) is 5.91 Å². The van der Waals surface area contributed by atoms with E-state index in [4.69, 9.17) is 5.73 Å². The van der Waals surface area contributed by atoms with Crippen LogP contribution in [0.5, 0.6) is 0 Å². The van der Waals surface area contributed by atoms with Crippen LogP contribution < -0.4 is 11.1 Å². The van der Waals surface area contributed by atoms with Crippen LogP contribution in [0.15, 0.2) is 6.20 Å². The molecule has 84 valence electrons. The van der Waals surface area contributed by atoms with Crippen LogP contribution in [0.1, 0.15) is 31.1 Å². The predicted octanol–water partition coefficient (Wildman–Crippen LogP) is 1.91. The Bertz CT molecular complexity index is 324. The molecule has 0 spiro atoms. The lowest BCUT2D eigenvalue weighted by Gasteiger charge is -2.09. The zero-order valence-corrected chi connectivity index (χ0v) is 9.93. The molecule has 0 aliphatic heterocycles. The molecule has 1 amide bonds. The van der Waals surface area contributed by atoms with Gasteiger partial charge in [-0.2, -0.15) is 0 Å². The highest BCUT2D eigenvalue weighted by Gasteiger charge is 2.13. The van der Waals surface area contributed by atoms with E-state index in [2.05, 4.69) is 17.2 Å². The molecule has 0 fully saturated rings. The number of nitrogens with zero attached hydrogens (tertiary/aromatic N) is 1. The Balaban J connectivity index is 2.41. The van der Waals surface area contributed by atoms with Crippen molar-refractivity contribution in [2.24, 2.45) is 5.73 Å². The Kier molecular flexibility index (Phi) is 4.71. The van der Waals surface area contributed by atoms with Gasteiger partial charge in [-0.05, 0) is 13.3 Å². The van der Waals surface area contributed by atoms with Crippen LogP contribution in [0, 0.1) is 6.92 Å². The van der Waals surface area contributed by atoms with E-state index in [1.165, 1.54) is 11.3 Å². The highest BCUT2D eigenvalue weighted by molar-refractivity contribution is 7.15. The number of rotatable bonds is 5. The van der Waals surface area contributed by atoms with E-state index < -0.39 is 6.04 Å². The second-order valence-electron chi connectivity index (χ2n) is 3.51. The van der Waals surface area contributed by atoms with Crippen LogP contribution in [0.2, 0.25) is 0 Å². The van der Waals surface area contributed by atoms with E-state index in [1.807, 2.05) is 6.92 Å². The summed E-state index contributed by atoms with van der Waals surface area (Å²) in [5.41, 5.74) is 5.72. The predicted molar refractivity (Wildman–Crippen MR) is 63.0 cm³/mol. The van der Waals surface area contributed by atoms with Crippen LogP contribution >= 0.6 is 11.3 Å². The molecule has 1 heterocycles. The van der Waals surface area contributed by atoms with Gasteiger partial charge in [0.15, 0.2) is 5.13 Å². The average Bonchev–Trinajstić information content (AvgIpc) is 2.60. The normalized spacial score (nSPS) is 12.5. The Hall–Kier alpha value is -0.940. The lowest BCUT2D eigenvalue weighted by molar-refractivity contribution is -0.117. The Morgan fingerprint density at radius 2 is 2.47 bits per heavy atom. The van der Waals surface area contributed by atoms with E-state index in [-0.39, 0.29) is 5.91 Å². The smallest absolute Gasteiger partial charge is 0.243 e. The number of carbonyl (C=O) groups is 1. The molecule has 0 radical (unpaired) electrons. The van der Waals surface area contributed by atoms with Gasteiger partial charge in [-0.3, -0.25) is 4.79 Å². The van der Waals surface area contributed by atoms with Crippen molar-refractivity contribution in [3.8, 4) is 0 Å². The summed E-state index contributed by atoms with van der Waals surface area (Å²) in [4.78, 5) is 16.7. The Morgan fingerprint density at radius 1 is 1.73 bits per heavy atom. The summed E-state index contributed by atoms with van der Waals surface area (Å²) in [6, 6.07) is -0.422. The van der Waals surface area contributed by atoms with Crippen molar-refractivity contribution in [2.45, 2.75) is 39.2 Å². The molecule has 1 atom stereocenters. The van der Waals surface area contributed by atoms with Crippen LogP contribution in [0.3, 0.4) is 0 Å². The van der Waals surface area contributed by atoms with E-state index in [0.717, 1.165) is 24.1 Å². The van der Waals surface area contributed by atoms with Crippen molar-refractivity contribution in [1.82, 2.24) is 4.98 Å². The van der Waals surface area contributed by atoms with Gasteiger partial charge in [-0.15, -0.1) is 11.3 Å². The molecule has 0 aromatic carbocycles. The van der Waals surface area contributed by atoms with Crippen LogP contribution in [-0.4, -0.2) is 16.9 Å². The molecule has 3 N–H and O–H groups in total. The van der Waals surface area contributed by atoms with E-state index >= 15 is 0 Å². The zero-order valence-electron chi connectivity index (χ0n) is 9.12. The third kappa shape index (κ3) is 3.97. The van der Waals surface area contributed by atoms with Crippen LogP contribution in [0.4, 0.5) is 5.13 Å². The first-order valence-corrected chi connectivity index (χ1v) is 5.94. The summed E-state index contributed by atoms with van der Waals surface area (Å²) >= 11 is 1.46. The molecule has 0 bridgehead atoms. The molecule has 1 aromatic heterocycles. The van der Waals surface area contributed by atoms with Crippen molar-refractivity contribution < 1.29 is 4.79 Å². The number of anilines is 1. The molecule has 1 aromatic rings. The quantitative estimate of drug-likeness (QED) is 0.807. The summed E-state index contributed by atoms with van der Waals surface area (Å²) in [6.45, 7) is 4.03. The van der Waals surface area contributed by atoms with Gasteiger partial charge < -0.3 is 11.1 Å². The number of carbonyl (C=O) groups excluding carboxylic acids is 1. The topological polar surface area (TPSA) is 68.0 Å². The SMILES string of the molecule is CCCC[C@H](N)C(=O)Nc1ncc(C)s1. The van der Waals surface area contributed by atoms with Gasteiger partial charge in [0.05, 0.1) is 6.04 Å². The first-order chi connectivity index (χ1) is 7.13. The fraction of sp³-hybridized carbons (Fsp3) is 0.600. The Morgan fingerprint density at radius 3 is 3.00 bits per heavy atom. The summed E-state index contributed by atoms with van der Waals surface area (Å²) in [5, 5.41) is 3.34. The number of nitrogens with two attached hydrogens (primary N) is 1. The van der Waals surface area contributed by atoms with E-state index in [1.54, 1.807) is 6.20 Å². The Labute approximate surface area is 93.9 Å². The van der Waals surface area contributed by atoms with Gasteiger partial charge in [0.1, 0.15) is 0 Å². The summed E-state index contributed by atoms with van der Waals surface area (Å²) in [5.74, 6) is -0.141. The molecular weight excluding hydrogens is 210 g/mol. The monoisotopic (exact) mass is 227 g/mol. The van der Waals surface area contributed by atoms with Crippen LogP contribution in [-0.2, 0) is 4.79 Å². The number of aryl methyl sites for hydroxylation is 1. The molecule has 15 heavy (non-hydrogen) atoms. The number of unbranched alkanes of at least 4 members (excludes halogenated alkanes) is 1. The van der Waals surface area contributed by atoms with Crippen molar-refractivity contribution in [3.05, 3.63) is 11.1 Å². The highest BCUT2D eigenvalue weighted by atomic mass is 32.1. The molecule has 0 saturated heterocycles. The third-order valence-electron chi connectivity index (χ3n) is 2.06. The molecule has 1 rings (SSSR count). The maximum atomic E-state index is 11.6. The summed E-state index contributed by atoms with van der Waals surface area (Å²) < 4.78 is 0. The molecular formula is C10H17N3OS. The largest absolute Gasteiger partial charge is 0.320 e.